The number of pyridine rings is 2. The Bertz CT molecular complexity index is 2990. The van der Waals surface area contributed by atoms with Crippen molar-refractivity contribution >= 4 is 28.7 Å². The average molecular weight is 828 g/mol. The molecule has 316 valence electrons. The summed E-state index contributed by atoms with van der Waals surface area (Å²) in [6.45, 7) is 25.0. The van der Waals surface area contributed by atoms with Crippen LogP contribution in [0.4, 0.5) is 22.9 Å². The molecule has 0 saturated carbocycles. The number of benzene rings is 5. The van der Waals surface area contributed by atoms with Gasteiger partial charge >= 0.3 is 0 Å². The fraction of sp³-hybridized carbons (Fsp3) is 0.281. The van der Waals surface area contributed by atoms with Crippen LogP contribution in [-0.2, 0) is 22.8 Å². The maximum Gasteiger partial charge on any atom is 0.137 e. The van der Waals surface area contributed by atoms with Gasteiger partial charge < -0.3 is 9.64 Å². The zero-order valence-corrected chi connectivity index (χ0v) is 38.6. The van der Waals surface area contributed by atoms with Crippen LogP contribution in [-0.4, -0.2) is 21.3 Å². The summed E-state index contributed by atoms with van der Waals surface area (Å²) >= 11 is 0. The largest absolute Gasteiger partial charge is 0.457 e. The second-order valence-corrected chi connectivity index (χ2v) is 20.1. The Kier molecular flexibility index (Phi) is 9.17. The van der Waals surface area contributed by atoms with E-state index in [2.05, 4.69) is 195 Å². The fourth-order valence-electron chi connectivity index (χ4n) is 10.8. The van der Waals surface area contributed by atoms with Gasteiger partial charge in [-0.15, -0.1) is 0 Å². The van der Waals surface area contributed by atoms with E-state index in [0.717, 1.165) is 52.0 Å². The molecule has 2 aromatic heterocycles. The first-order valence-electron chi connectivity index (χ1n) is 22.3. The Morgan fingerprint density at radius 3 is 2.06 bits per heavy atom. The van der Waals surface area contributed by atoms with Crippen LogP contribution in [0, 0.1) is 27.7 Å². The van der Waals surface area contributed by atoms with Crippen molar-refractivity contribution in [3.63, 3.8) is 0 Å². The number of fused-ring (bicyclic) bond motifs is 5. The molecular weight excluding hydrogens is 771 g/mol. The van der Waals surface area contributed by atoms with E-state index in [0.29, 0.717) is 5.75 Å². The molecule has 4 heterocycles. The predicted octanol–water partition coefficient (Wildman–Crippen LogP) is 14.1. The van der Waals surface area contributed by atoms with Crippen molar-refractivity contribution in [3.8, 4) is 22.8 Å². The first-order chi connectivity index (χ1) is 30.0. The Morgan fingerprint density at radius 1 is 0.603 bits per heavy atom. The van der Waals surface area contributed by atoms with Crippen LogP contribution in [0.15, 0.2) is 139 Å². The summed E-state index contributed by atoms with van der Waals surface area (Å²) in [6.07, 6.45) is 4.67. The van der Waals surface area contributed by atoms with Gasteiger partial charge in [-0.2, -0.15) is 0 Å². The van der Waals surface area contributed by atoms with Crippen LogP contribution in [0.3, 0.4) is 0 Å². The van der Waals surface area contributed by atoms with Crippen LogP contribution < -0.4 is 14.5 Å². The van der Waals surface area contributed by atoms with E-state index >= 15 is 0 Å². The highest BCUT2D eigenvalue weighted by molar-refractivity contribution is 6.14. The number of anilines is 4. The molecule has 7 aromatic rings. The minimum absolute atomic E-state index is 0.0393. The summed E-state index contributed by atoms with van der Waals surface area (Å²) in [6, 6.07) is 43.7. The maximum atomic E-state index is 7.09. The molecule has 0 bridgehead atoms. The minimum atomic E-state index is -0.499. The number of para-hydroxylation sites is 1. The number of aromatic nitrogens is 2. The van der Waals surface area contributed by atoms with E-state index in [-0.39, 0.29) is 16.4 Å². The number of nitrogens with zero attached hydrogens (tertiary/aromatic N) is 5. The lowest BCUT2D eigenvalue weighted by molar-refractivity contribution is 0.321. The highest BCUT2D eigenvalue weighted by atomic mass is 16.5. The van der Waals surface area contributed by atoms with Crippen molar-refractivity contribution in [2.24, 2.45) is 4.99 Å². The highest BCUT2D eigenvalue weighted by Gasteiger charge is 2.61. The van der Waals surface area contributed by atoms with Gasteiger partial charge in [0, 0.05) is 40.7 Å². The van der Waals surface area contributed by atoms with Crippen LogP contribution in [0.25, 0.3) is 11.3 Å². The van der Waals surface area contributed by atoms with Crippen molar-refractivity contribution < 1.29 is 4.74 Å². The maximum absolute atomic E-state index is 7.09. The Balaban J connectivity index is 1.15. The molecule has 0 amide bonds. The monoisotopic (exact) mass is 827 g/mol. The summed E-state index contributed by atoms with van der Waals surface area (Å²) in [4.78, 5) is 20.6. The molecule has 3 aliphatic rings. The molecule has 0 unspecified atom stereocenters. The third kappa shape index (κ3) is 6.40. The smallest absolute Gasteiger partial charge is 0.137 e. The van der Waals surface area contributed by atoms with Gasteiger partial charge in [-0.1, -0.05) is 106 Å². The Labute approximate surface area is 373 Å². The average Bonchev–Trinajstić information content (AvgIpc) is 3.60. The number of hydrogen-bond acceptors (Lipinski definition) is 6. The zero-order chi connectivity index (χ0) is 44.2. The SMILES string of the molecule is Cc1cc(C)c(N2C(c3cc(Oc4ccc5c(c4)N(c4cc(C(C)(C)C)ccn4)c4ccccc4C5(C)C)cc(-c4ccccn4)c3)=N[C@]3(C)c4ccc(C)cc4C[C@]23C)c(C)c1. The van der Waals surface area contributed by atoms with Crippen molar-refractivity contribution in [3.05, 3.63) is 189 Å². The van der Waals surface area contributed by atoms with Crippen LogP contribution in [0.5, 0.6) is 11.5 Å². The number of ether oxygens (including phenoxy) is 1. The summed E-state index contributed by atoms with van der Waals surface area (Å²) in [5.41, 5.74) is 16.4. The minimum Gasteiger partial charge on any atom is -0.457 e. The van der Waals surface area contributed by atoms with Crippen molar-refractivity contribution in [2.75, 3.05) is 9.80 Å². The van der Waals surface area contributed by atoms with Crippen molar-refractivity contribution in [1.82, 2.24) is 9.97 Å². The lowest BCUT2D eigenvalue weighted by Crippen LogP contribution is -2.54. The lowest BCUT2D eigenvalue weighted by atomic mass is 9.73. The van der Waals surface area contributed by atoms with E-state index in [1.807, 2.05) is 24.5 Å². The number of aryl methyl sites for hydroxylation is 4. The van der Waals surface area contributed by atoms with E-state index < -0.39 is 5.54 Å². The molecule has 6 heteroatoms. The van der Waals surface area contributed by atoms with Gasteiger partial charge in [-0.3, -0.25) is 14.9 Å². The Hall–Kier alpha value is -6.53. The van der Waals surface area contributed by atoms with E-state index in [1.165, 1.54) is 55.8 Å². The quantitative estimate of drug-likeness (QED) is 0.167. The first kappa shape index (κ1) is 40.5. The van der Waals surface area contributed by atoms with Gasteiger partial charge in [0.25, 0.3) is 0 Å². The number of hydrogen-bond donors (Lipinski definition) is 0. The molecule has 0 spiro atoms. The molecular formula is C57H57N5O. The molecule has 63 heavy (non-hydrogen) atoms. The standard InChI is InChI=1S/C57H57N5O/c1-35-19-21-45-41(28-35)34-56(10)57(45,11)60-53(62(56)52-37(3)26-36(2)27-38(52)4)40-29-39(48-17-14-15-24-58-48)30-44(31-40)63-43-20-22-47-50(33-43)61(49-18-13-12-16-46(49)55(47,8)9)51-32-42(23-25-59-51)54(5,6)7/h12-33H,34H2,1-11H3/t56-,57+/m0/s1. The molecule has 0 radical (unpaired) electrons. The molecule has 6 nitrogen and oxygen atoms in total. The number of aliphatic imine (C=N–C) groups is 1. The predicted molar refractivity (Wildman–Crippen MR) is 260 cm³/mol. The highest BCUT2D eigenvalue weighted by Crippen LogP contribution is 2.57. The molecule has 1 aliphatic carbocycles. The third-order valence-electron chi connectivity index (χ3n) is 14.2. The number of amidine groups is 1. The van der Waals surface area contributed by atoms with E-state index in [9.17, 15) is 0 Å². The fourth-order valence-corrected chi connectivity index (χ4v) is 10.8. The molecule has 0 saturated heterocycles. The van der Waals surface area contributed by atoms with E-state index in [1.54, 1.807) is 0 Å². The topological polar surface area (TPSA) is 53.9 Å². The number of rotatable bonds is 6. The summed E-state index contributed by atoms with van der Waals surface area (Å²) in [5.74, 6) is 3.27. The van der Waals surface area contributed by atoms with Gasteiger partial charge in [0.15, 0.2) is 0 Å². The van der Waals surface area contributed by atoms with Crippen molar-refractivity contribution in [2.45, 2.75) is 104 Å². The summed E-state index contributed by atoms with van der Waals surface area (Å²) in [7, 11) is 0. The van der Waals surface area contributed by atoms with Crippen LogP contribution in [0.2, 0.25) is 0 Å². The molecule has 2 atom stereocenters. The van der Waals surface area contributed by atoms with Gasteiger partial charge in [-0.05, 0) is 147 Å². The van der Waals surface area contributed by atoms with Gasteiger partial charge in [-0.25, -0.2) is 4.98 Å². The van der Waals surface area contributed by atoms with E-state index in [4.69, 9.17) is 19.7 Å². The molecule has 10 rings (SSSR count). The summed E-state index contributed by atoms with van der Waals surface area (Å²) in [5, 5.41) is 0. The van der Waals surface area contributed by atoms with Crippen LogP contribution in [0.1, 0.15) is 104 Å². The third-order valence-corrected chi connectivity index (χ3v) is 14.2. The first-order valence-corrected chi connectivity index (χ1v) is 22.3. The normalized spacial score (nSPS) is 19.6. The molecule has 0 fully saturated rings. The van der Waals surface area contributed by atoms with Crippen molar-refractivity contribution in [1.29, 1.82) is 0 Å². The van der Waals surface area contributed by atoms with Crippen LogP contribution >= 0.6 is 0 Å². The molecule has 5 aromatic carbocycles. The Morgan fingerprint density at radius 2 is 1.32 bits per heavy atom. The second-order valence-electron chi connectivity index (χ2n) is 20.1. The van der Waals surface area contributed by atoms with Gasteiger partial charge in [0.05, 0.1) is 22.6 Å². The summed E-state index contributed by atoms with van der Waals surface area (Å²) < 4.78 is 7.09. The molecule has 0 N–H and O–H groups in total. The molecule has 2 aliphatic heterocycles. The van der Waals surface area contributed by atoms with Gasteiger partial charge in [0.1, 0.15) is 28.7 Å². The lowest BCUT2D eigenvalue weighted by Gasteiger charge is -2.43. The zero-order valence-electron chi connectivity index (χ0n) is 38.6. The second kappa shape index (κ2) is 14.2. The van der Waals surface area contributed by atoms with Gasteiger partial charge in [0.2, 0.25) is 0 Å².